The first-order valence-electron chi connectivity index (χ1n) is 7.00. The Bertz CT molecular complexity index is 1130. The van der Waals surface area contributed by atoms with Crippen LogP contribution < -0.4 is 10.6 Å². The van der Waals surface area contributed by atoms with Crippen molar-refractivity contribution in [1.29, 1.82) is 0 Å². The van der Waals surface area contributed by atoms with Crippen molar-refractivity contribution in [1.82, 2.24) is 9.82 Å². The van der Waals surface area contributed by atoms with E-state index in [9.17, 15) is 26.4 Å². The van der Waals surface area contributed by atoms with Gasteiger partial charge in [-0.05, 0) is 29.8 Å². The number of sulfonamides is 1. The quantitative estimate of drug-likeness (QED) is 0.532. The highest BCUT2D eigenvalue weighted by atomic mass is 32.2. The van der Waals surface area contributed by atoms with E-state index >= 15 is 0 Å². The molecule has 136 valence electrons. The van der Waals surface area contributed by atoms with Crippen LogP contribution >= 0.6 is 0 Å². The molecule has 0 radical (unpaired) electrons. The summed E-state index contributed by atoms with van der Waals surface area (Å²) >= 11 is 0. The third-order valence-corrected chi connectivity index (χ3v) is 4.55. The molecule has 0 unspecified atom stereocenters. The minimum Gasteiger partial charge on any atom is -0.408 e. The highest BCUT2D eigenvalue weighted by Crippen LogP contribution is 2.28. The molecule has 0 aliphatic rings. The van der Waals surface area contributed by atoms with Gasteiger partial charge in [0.1, 0.15) is 0 Å². The Morgan fingerprint density at radius 1 is 1.12 bits per heavy atom. The van der Waals surface area contributed by atoms with E-state index in [1.54, 1.807) is 0 Å². The molecule has 0 spiro atoms. The molecular formula is C15H10F3N3O4S. The third kappa shape index (κ3) is 3.77. The number of hydrogen-bond acceptors (Lipinski definition) is 5. The molecular weight excluding hydrogens is 375 g/mol. The van der Waals surface area contributed by atoms with Crippen LogP contribution in [0.5, 0.6) is 0 Å². The monoisotopic (exact) mass is 385 g/mol. The van der Waals surface area contributed by atoms with Crippen LogP contribution in [0.4, 0.5) is 13.2 Å². The number of benzene rings is 2. The van der Waals surface area contributed by atoms with Gasteiger partial charge in [0.2, 0.25) is 0 Å². The van der Waals surface area contributed by atoms with Crippen molar-refractivity contribution in [2.24, 2.45) is 5.10 Å². The van der Waals surface area contributed by atoms with Gasteiger partial charge in [0.25, 0.3) is 10.0 Å². The minimum atomic E-state index is -4.46. The topological polar surface area (TPSA) is 105 Å². The molecule has 11 heteroatoms. The Morgan fingerprint density at radius 3 is 2.46 bits per heavy atom. The van der Waals surface area contributed by atoms with Crippen LogP contribution in [0.3, 0.4) is 0 Å². The number of aromatic nitrogens is 1. The van der Waals surface area contributed by atoms with Gasteiger partial charge < -0.3 is 4.42 Å². The summed E-state index contributed by atoms with van der Waals surface area (Å²) in [4.78, 5) is 15.2. The normalized spacial score (nSPS) is 12.7. The molecule has 0 amide bonds. The zero-order valence-corrected chi connectivity index (χ0v) is 13.6. The van der Waals surface area contributed by atoms with Gasteiger partial charge in [0, 0.05) is 6.07 Å². The lowest BCUT2D eigenvalue weighted by Crippen LogP contribution is -2.18. The van der Waals surface area contributed by atoms with Crippen LogP contribution in [0.1, 0.15) is 11.1 Å². The van der Waals surface area contributed by atoms with E-state index in [0.717, 1.165) is 36.5 Å². The van der Waals surface area contributed by atoms with Crippen LogP contribution in [-0.4, -0.2) is 19.6 Å². The van der Waals surface area contributed by atoms with E-state index in [2.05, 4.69) is 10.1 Å². The van der Waals surface area contributed by atoms with Crippen molar-refractivity contribution < 1.29 is 26.0 Å². The van der Waals surface area contributed by atoms with E-state index in [-0.39, 0.29) is 16.0 Å². The summed E-state index contributed by atoms with van der Waals surface area (Å²) in [6, 6.07) is 7.76. The average Bonchev–Trinajstić information content (AvgIpc) is 2.93. The van der Waals surface area contributed by atoms with Gasteiger partial charge in [0.05, 0.1) is 22.2 Å². The first kappa shape index (κ1) is 17.7. The predicted octanol–water partition coefficient (Wildman–Crippen LogP) is 2.45. The summed E-state index contributed by atoms with van der Waals surface area (Å²) in [5.74, 6) is -0.720. The van der Waals surface area contributed by atoms with Crippen LogP contribution in [0.15, 0.2) is 61.7 Å². The molecule has 3 aromatic rings. The van der Waals surface area contributed by atoms with Crippen LogP contribution in [0, 0.1) is 0 Å². The molecule has 0 saturated heterocycles. The number of hydrogen-bond donors (Lipinski definition) is 2. The maximum absolute atomic E-state index is 12.5. The number of H-pyrrole nitrogens is 1. The summed E-state index contributed by atoms with van der Waals surface area (Å²) in [6.45, 7) is 0. The average molecular weight is 385 g/mol. The van der Waals surface area contributed by atoms with Crippen molar-refractivity contribution in [3.63, 3.8) is 0 Å². The van der Waals surface area contributed by atoms with Gasteiger partial charge in [-0.3, -0.25) is 4.98 Å². The SMILES string of the molecule is O=c1[nH]c2ccc(S(=O)(=O)N/N=C/c3ccc(C(F)(F)F)cc3)cc2o1. The summed E-state index contributed by atoms with van der Waals surface area (Å²) in [7, 11) is -4.05. The van der Waals surface area contributed by atoms with Gasteiger partial charge in [0.15, 0.2) is 5.58 Å². The molecule has 26 heavy (non-hydrogen) atoms. The minimum absolute atomic E-state index is 0.0598. The second kappa shape index (κ2) is 6.33. The first-order valence-corrected chi connectivity index (χ1v) is 8.48. The fourth-order valence-electron chi connectivity index (χ4n) is 2.07. The number of aromatic amines is 1. The molecule has 0 aliphatic heterocycles. The fourth-order valence-corrected chi connectivity index (χ4v) is 2.88. The number of alkyl halides is 3. The summed E-state index contributed by atoms with van der Waals surface area (Å²) in [6.07, 6.45) is -3.39. The van der Waals surface area contributed by atoms with Crippen LogP contribution in [-0.2, 0) is 16.2 Å². The van der Waals surface area contributed by atoms with Crippen molar-refractivity contribution in [3.8, 4) is 0 Å². The number of halogens is 3. The van der Waals surface area contributed by atoms with E-state index < -0.39 is 27.5 Å². The molecule has 1 heterocycles. The Balaban J connectivity index is 1.76. The Morgan fingerprint density at radius 2 is 1.81 bits per heavy atom. The van der Waals surface area contributed by atoms with Crippen molar-refractivity contribution in [2.45, 2.75) is 11.1 Å². The number of nitrogens with one attached hydrogen (secondary N) is 2. The van der Waals surface area contributed by atoms with Gasteiger partial charge in [-0.1, -0.05) is 12.1 Å². The van der Waals surface area contributed by atoms with Crippen LogP contribution in [0.25, 0.3) is 11.1 Å². The summed E-state index contributed by atoms with van der Waals surface area (Å²) < 4.78 is 66.5. The Labute approximate surface area is 144 Å². The largest absolute Gasteiger partial charge is 0.417 e. The summed E-state index contributed by atoms with van der Waals surface area (Å²) in [5, 5.41) is 3.52. The van der Waals surface area contributed by atoms with Gasteiger partial charge >= 0.3 is 11.9 Å². The highest BCUT2D eigenvalue weighted by molar-refractivity contribution is 7.89. The molecule has 2 aromatic carbocycles. The Kier molecular flexibility index (Phi) is 4.32. The maximum Gasteiger partial charge on any atom is 0.417 e. The standard InChI is InChI=1S/C15H10F3N3O4S/c16-15(17,18)10-3-1-9(2-4-10)8-19-21-26(23,24)11-5-6-12-13(7-11)25-14(22)20-12/h1-8,21H,(H,20,22)/b19-8+. The third-order valence-electron chi connectivity index (χ3n) is 3.33. The van der Waals surface area contributed by atoms with Gasteiger partial charge in [-0.2, -0.15) is 26.7 Å². The molecule has 7 nitrogen and oxygen atoms in total. The zero-order valence-electron chi connectivity index (χ0n) is 12.7. The van der Waals surface area contributed by atoms with Crippen molar-refractivity contribution in [2.75, 3.05) is 0 Å². The van der Waals surface area contributed by atoms with Gasteiger partial charge in [-0.25, -0.2) is 9.63 Å². The van der Waals surface area contributed by atoms with E-state index in [0.29, 0.717) is 5.52 Å². The molecule has 2 N–H and O–H groups in total. The smallest absolute Gasteiger partial charge is 0.408 e. The van der Waals surface area contributed by atoms with E-state index in [1.807, 2.05) is 4.83 Å². The number of fused-ring (bicyclic) bond motifs is 1. The number of hydrazone groups is 1. The molecule has 0 aliphatic carbocycles. The van der Waals surface area contributed by atoms with Crippen molar-refractivity contribution >= 4 is 27.3 Å². The van der Waals surface area contributed by atoms with Crippen LogP contribution in [0.2, 0.25) is 0 Å². The Hall–Kier alpha value is -3.08. The molecule has 0 saturated carbocycles. The highest BCUT2D eigenvalue weighted by Gasteiger charge is 2.29. The second-order valence-electron chi connectivity index (χ2n) is 5.15. The maximum atomic E-state index is 12.5. The number of oxazole rings is 1. The van der Waals surface area contributed by atoms with Crippen molar-refractivity contribution in [3.05, 3.63) is 64.1 Å². The lowest BCUT2D eigenvalue weighted by Gasteiger charge is -2.06. The zero-order chi connectivity index (χ0) is 18.9. The predicted molar refractivity (Wildman–Crippen MR) is 86.2 cm³/mol. The fraction of sp³-hybridized carbons (Fsp3) is 0.0667. The molecule has 1 aromatic heterocycles. The molecule has 0 atom stereocenters. The molecule has 3 rings (SSSR count). The second-order valence-corrected chi connectivity index (χ2v) is 6.81. The lowest BCUT2D eigenvalue weighted by molar-refractivity contribution is -0.137. The van der Waals surface area contributed by atoms with E-state index in [4.69, 9.17) is 4.42 Å². The van der Waals surface area contributed by atoms with Gasteiger partial charge in [-0.15, -0.1) is 0 Å². The lowest BCUT2D eigenvalue weighted by atomic mass is 10.1. The summed E-state index contributed by atoms with van der Waals surface area (Å²) in [5.41, 5.74) is -0.156. The first-order chi connectivity index (χ1) is 12.1. The molecule has 0 bridgehead atoms. The molecule has 0 fully saturated rings. The van der Waals surface area contributed by atoms with E-state index in [1.165, 1.54) is 12.1 Å². The number of rotatable bonds is 4. The number of nitrogens with zero attached hydrogens (tertiary/aromatic N) is 1.